The van der Waals surface area contributed by atoms with Crippen LogP contribution in [0.25, 0.3) is 0 Å². The molecule has 1 heteroatoms. The van der Waals surface area contributed by atoms with E-state index in [-0.39, 0.29) is 6.04 Å². The molecule has 12 heavy (non-hydrogen) atoms. The Hall–Kier alpha value is -0.820. The second-order valence-electron chi connectivity index (χ2n) is 2.70. The number of hydrogen-bond acceptors (Lipinski definition) is 1. The Labute approximate surface area is 75.6 Å². The summed E-state index contributed by atoms with van der Waals surface area (Å²) >= 11 is 0. The van der Waals surface area contributed by atoms with Crippen molar-refractivity contribution < 1.29 is 0 Å². The summed E-state index contributed by atoms with van der Waals surface area (Å²) < 4.78 is 0. The van der Waals surface area contributed by atoms with Gasteiger partial charge >= 0.3 is 0 Å². The molecule has 0 aromatic heterocycles. The monoisotopic (exact) mass is 165 g/mol. The third-order valence-electron chi connectivity index (χ3n) is 1.60. The lowest BCUT2D eigenvalue weighted by Gasteiger charge is -2.03. The summed E-state index contributed by atoms with van der Waals surface area (Å²) in [4.78, 5) is 0. The van der Waals surface area contributed by atoms with Gasteiger partial charge in [-0.15, -0.1) is 0 Å². The topological polar surface area (TPSA) is 26.0 Å². The van der Waals surface area contributed by atoms with Crippen molar-refractivity contribution in [3.63, 3.8) is 0 Å². The highest BCUT2D eigenvalue weighted by Crippen LogP contribution is 2.09. The van der Waals surface area contributed by atoms with Crippen molar-refractivity contribution in [2.45, 2.75) is 33.7 Å². The van der Waals surface area contributed by atoms with Crippen LogP contribution in [0, 0.1) is 6.92 Å². The van der Waals surface area contributed by atoms with E-state index in [1.807, 2.05) is 20.8 Å². The van der Waals surface area contributed by atoms with E-state index in [2.05, 4.69) is 31.2 Å². The van der Waals surface area contributed by atoms with Gasteiger partial charge in [-0.1, -0.05) is 43.7 Å². The average Bonchev–Trinajstić information content (AvgIpc) is 2.09. The Morgan fingerprint density at radius 3 is 1.83 bits per heavy atom. The van der Waals surface area contributed by atoms with E-state index in [9.17, 15) is 0 Å². The van der Waals surface area contributed by atoms with Gasteiger partial charge in [-0.3, -0.25) is 0 Å². The minimum Gasteiger partial charge on any atom is -0.324 e. The number of nitrogens with two attached hydrogens (primary N) is 1. The molecule has 1 nitrogen and oxygen atoms in total. The molecule has 0 fully saturated rings. The van der Waals surface area contributed by atoms with Gasteiger partial charge in [0.2, 0.25) is 0 Å². The molecule has 1 unspecified atom stereocenters. The fourth-order valence-electron chi connectivity index (χ4n) is 0.870. The van der Waals surface area contributed by atoms with Crippen molar-refractivity contribution in [2.75, 3.05) is 0 Å². The number of hydrogen-bond donors (Lipinski definition) is 1. The van der Waals surface area contributed by atoms with Crippen LogP contribution in [0.3, 0.4) is 0 Å². The first-order valence-corrected chi connectivity index (χ1v) is 4.52. The lowest BCUT2D eigenvalue weighted by Crippen LogP contribution is -2.04. The molecule has 0 aliphatic heterocycles. The summed E-state index contributed by atoms with van der Waals surface area (Å²) in [5, 5.41) is 0. The van der Waals surface area contributed by atoms with E-state index >= 15 is 0 Å². The van der Waals surface area contributed by atoms with Crippen molar-refractivity contribution in [3.05, 3.63) is 35.4 Å². The molecular formula is C11H19N. The number of benzene rings is 1. The SMILES string of the molecule is CC.Cc1ccc(C(C)N)cc1. The van der Waals surface area contributed by atoms with Gasteiger partial charge in [-0.25, -0.2) is 0 Å². The molecule has 0 radical (unpaired) electrons. The van der Waals surface area contributed by atoms with Gasteiger partial charge in [-0.05, 0) is 19.4 Å². The molecule has 0 spiro atoms. The van der Waals surface area contributed by atoms with Gasteiger partial charge in [0, 0.05) is 6.04 Å². The van der Waals surface area contributed by atoms with Crippen LogP contribution in [-0.2, 0) is 0 Å². The first-order chi connectivity index (χ1) is 5.70. The number of aryl methyl sites for hydroxylation is 1. The molecule has 0 heterocycles. The van der Waals surface area contributed by atoms with E-state index in [0.29, 0.717) is 0 Å². The Morgan fingerprint density at radius 1 is 1.08 bits per heavy atom. The van der Waals surface area contributed by atoms with E-state index in [0.717, 1.165) is 0 Å². The van der Waals surface area contributed by atoms with Crippen LogP contribution >= 0.6 is 0 Å². The third-order valence-corrected chi connectivity index (χ3v) is 1.60. The maximum absolute atomic E-state index is 5.66. The summed E-state index contributed by atoms with van der Waals surface area (Å²) in [5.74, 6) is 0. The highest BCUT2D eigenvalue weighted by molar-refractivity contribution is 5.23. The summed E-state index contributed by atoms with van der Waals surface area (Å²) in [5.41, 5.74) is 8.15. The maximum atomic E-state index is 5.66. The van der Waals surface area contributed by atoms with Crippen LogP contribution in [0.1, 0.15) is 37.9 Å². The zero-order valence-corrected chi connectivity index (χ0v) is 8.46. The molecule has 0 bridgehead atoms. The van der Waals surface area contributed by atoms with Crippen molar-refractivity contribution in [3.8, 4) is 0 Å². The van der Waals surface area contributed by atoms with Crippen LogP contribution in [0.4, 0.5) is 0 Å². The summed E-state index contributed by atoms with van der Waals surface area (Å²) in [6.45, 7) is 8.07. The second-order valence-corrected chi connectivity index (χ2v) is 2.70. The normalized spacial score (nSPS) is 11.4. The summed E-state index contributed by atoms with van der Waals surface area (Å²) in [6, 6.07) is 8.46. The number of rotatable bonds is 1. The molecule has 1 atom stereocenters. The van der Waals surface area contributed by atoms with Gasteiger partial charge in [0.25, 0.3) is 0 Å². The van der Waals surface area contributed by atoms with Crippen molar-refractivity contribution >= 4 is 0 Å². The van der Waals surface area contributed by atoms with E-state index < -0.39 is 0 Å². The minimum atomic E-state index is 0.153. The first-order valence-electron chi connectivity index (χ1n) is 4.52. The lowest BCUT2D eigenvalue weighted by molar-refractivity contribution is 0.818. The zero-order valence-electron chi connectivity index (χ0n) is 8.46. The molecule has 0 amide bonds. The third kappa shape index (κ3) is 3.54. The van der Waals surface area contributed by atoms with Crippen LogP contribution in [-0.4, -0.2) is 0 Å². The molecule has 2 N–H and O–H groups in total. The molecule has 1 aromatic carbocycles. The standard InChI is InChI=1S/C9H13N.C2H6/c1-7-3-5-9(6-4-7)8(2)10;1-2/h3-6,8H,10H2,1-2H3;1-2H3. The lowest BCUT2D eigenvalue weighted by atomic mass is 10.1. The van der Waals surface area contributed by atoms with E-state index in [4.69, 9.17) is 5.73 Å². The molecule has 0 saturated carbocycles. The van der Waals surface area contributed by atoms with Crippen molar-refractivity contribution in [2.24, 2.45) is 5.73 Å². The average molecular weight is 165 g/mol. The van der Waals surface area contributed by atoms with Gasteiger partial charge in [0.1, 0.15) is 0 Å². The van der Waals surface area contributed by atoms with Gasteiger partial charge in [-0.2, -0.15) is 0 Å². The van der Waals surface area contributed by atoms with Gasteiger partial charge in [0.05, 0.1) is 0 Å². The largest absolute Gasteiger partial charge is 0.324 e. The smallest absolute Gasteiger partial charge is 0.0266 e. The van der Waals surface area contributed by atoms with E-state index in [1.165, 1.54) is 11.1 Å². The molecule has 0 aliphatic rings. The van der Waals surface area contributed by atoms with Crippen LogP contribution in [0.2, 0.25) is 0 Å². The molecule has 0 aliphatic carbocycles. The molecule has 1 aromatic rings. The second kappa shape index (κ2) is 5.78. The van der Waals surface area contributed by atoms with Crippen molar-refractivity contribution in [1.29, 1.82) is 0 Å². The zero-order chi connectivity index (χ0) is 9.56. The van der Waals surface area contributed by atoms with Crippen LogP contribution < -0.4 is 5.73 Å². The Balaban J connectivity index is 0.000000561. The molecular weight excluding hydrogens is 146 g/mol. The van der Waals surface area contributed by atoms with E-state index in [1.54, 1.807) is 0 Å². The summed E-state index contributed by atoms with van der Waals surface area (Å²) in [7, 11) is 0. The Kier molecular flexibility index (Phi) is 5.39. The Morgan fingerprint density at radius 2 is 1.50 bits per heavy atom. The van der Waals surface area contributed by atoms with Crippen LogP contribution in [0.5, 0.6) is 0 Å². The fraction of sp³-hybridized carbons (Fsp3) is 0.455. The van der Waals surface area contributed by atoms with Gasteiger partial charge < -0.3 is 5.73 Å². The minimum absolute atomic E-state index is 0.153. The predicted molar refractivity (Wildman–Crippen MR) is 55.1 cm³/mol. The molecule has 1 rings (SSSR count). The highest BCUT2D eigenvalue weighted by atomic mass is 14.6. The highest BCUT2D eigenvalue weighted by Gasteiger charge is 1.95. The van der Waals surface area contributed by atoms with Crippen LogP contribution in [0.15, 0.2) is 24.3 Å². The summed E-state index contributed by atoms with van der Waals surface area (Å²) in [6.07, 6.45) is 0. The quantitative estimate of drug-likeness (QED) is 0.680. The molecule has 68 valence electrons. The Bertz CT molecular complexity index is 199. The maximum Gasteiger partial charge on any atom is 0.0266 e. The van der Waals surface area contributed by atoms with Crippen molar-refractivity contribution in [1.82, 2.24) is 0 Å². The van der Waals surface area contributed by atoms with Gasteiger partial charge in [0.15, 0.2) is 0 Å². The molecule has 0 saturated heterocycles. The first kappa shape index (κ1) is 11.2. The fourth-order valence-corrected chi connectivity index (χ4v) is 0.870. The predicted octanol–water partition coefficient (Wildman–Crippen LogP) is 3.04.